The molecule has 38 heavy (non-hydrogen) atoms. The maximum absolute atomic E-state index is 15.7. The van der Waals surface area contributed by atoms with Gasteiger partial charge in [-0.15, -0.1) is 0 Å². The molecule has 7 nitrogen and oxygen atoms in total. The van der Waals surface area contributed by atoms with Crippen LogP contribution in [0.3, 0.4) is 0 Å². The first-order valence-corrected chi connectivity index (χ1v) is 15.8. The van der Waals surface area contributed by atoms with Gasteiger partial charge in [-0.3, -0.25) is 0 Å². The first kappa shape index (κ1) is 25.9. The Morgan fingerprint density at radius 3 is 2.11 bits per heavy atom. The molecule has 3 fully saturated rings. The van der Waals surface area contributed by atoms with Crippen LogP contribution in [-0.4, -0.2) is 85.9 Å². The van der Waals surface area contributed by atoms with E-state index in [-0.39, 0.29) is 16.6 Å². The Morgan fingerprint density at radius 1 is 0.868 bits per heavy atom. The summed E-state index contributed by atoms with van der Waals surface area (Å²) < 4.78 is 44.7. The van der Waals surface area contributed by atoms with Crippen LogP contribution in [0.2, 0.25) is 0 Å². The molecule has 9 heteroatoms. The quantitative estimate of drug-likeness (QED) is 0.510. The molecule has 0 amide bonds. The van der Waals surface area contributed by atoms with Crippen LogP contribution in [0.15, 0.2) is 41.3 Å². The Balaban J connectivity index is 1.09. The SMILES string of the molecule is CS(=O)(=O)c1ccc(-c2nc3c(F)c(C4CCN(C5CCN(C6CCOCC6)CC5)CC4)ccc3[nH]2)cc1. The van der Waals surface area contributed by atoms with Crippen molar-refractivity contribution >= 4 is 20.9 Å². The lowest BCUT2D eigenvalue weighted by atomic mass is 9.87. The highest BCUT2D eigenvalue weighted by Crippen LogP contribution is 2.35. The van der Waals surface area contributed by atoms with Gasteiger partial charge in [0.2, 0.25) is 0 Å². The van der Waals surface area contributed by atoms with Gasteiger partial charge in [-0.05, 0) is 107 Å². The number of nitrogens with one attached hydrogen (secondary N) is 1. The van der Waals surface area contributed by atoms with Gasteiger partial charge in [0.1, 0.15) is 11.3 Å². The number of aromatic amines is 1. The van der Waals surface area contributed by atoms with Crippen molar-refractivity contribution in [2.75, 3.05) is 45.6 Å². The predicted molar refractivity (Wildman–Crippen MR) is 147 cm³/mol. The van der Waals surface area contributed by atoms with Crippen molar-refractivity contribution in [2.45, 2.75) is 61.4 Å². The number of hydrogen-bond acceptors (Lipinski definition) is 6. The van der Waals surface area contributed by atoms with Crippen LogP contribution < -0.4 is 0 Å². The Labute approximate surface area is 224 Å². The molecule has 0 bridgehead atoms. The van der Waals surface area contributed by atoms with Crippen LogP contribution in [0.25, 0.3) is 22.4 Å². The molecule has 1 N–H and O–H groups in total. The second kappa shape index (κ2) is 10.7. The van der Waals surface area contributed by atoms with E-state index < -0.39 is 9.84 Å². The lowest BCUT2D eigenvalue weighted by Crippen LogP contribution is -2.50. The number of imidazole rings is 1. The highest BCUT2D eigenvalue weighted by Gasteiger charge is 2.32. The van der Waals surface area contributed by atoms with E-state index in [1.807, 2.05) is 12.1 Å². The van der Waals surface area contributed by atoms with Crippen molar-refractivity contribution in [2.24, 2.45) is 0 Å². The monoisotopic (exact) mass is 540 g/mol. The molecule has 3 aliphatic rings. The summed E-state index contributed by atoms with van der Waals surface area (Å²) >= 11 is 0. The molecule has 4 heterocycles. The average Bonchev–Trinajstić information content (AvgIpc) is 3.39. The molecule has 0 atom stereocenters. The van der Waals surface area contributed by atoms with E-state index in [9.17, 15) is 8.42 Å². The van der Waals surface area contributed by atoms with E-state index in [4.69, 9.17) is 4.74 Å². The van der Waals surface area contributed by atoms with Gasteiger partial charge < -0.3 is 19.5 Å². The van der Waals surface area contributed by atoms with Crippen LogP contribution in [0.1, 0.15) is 50.0 Å². The number of benzene rings is 2. The highest BCUT2D eigenvalue weighted by atomic mass is 32.2. The van der Waals surface area contributed by atoms with Gasteiger partial charge in [0, 0.05) is 37.1 Å². The first-order valence-electron chi connectivity index (χ1n) is 13.9. The zero-order valence-electron chi connectivity index (χ0n) is 22.0. The van der Waals surface area contributed by atoms with Gasteiger partial charge in [0.15, 0.2) is 15.7 Å². The molecule has 1 aromatic heterocycles. The van der Waals surface area contributed by atoms with Crippen molar-refractivity contribution in [3.05, 3.63) is 47.8 Å². The molecular formula is C29H37FN4O3S. The Morgan fingerprint density at radius 2 is 1.47 bits per heavy atom. The summed E-state index contributed by atoms with van der Waals surface area (Å²) in [7, 11) is -3.27. The smallest absolute Gasteiger partial charge is 0.175 e. The fourth-order valence-electron chi connectivity index (χ4n) is 6.61. The lowest BCUT2D eigenvalue weighted by molar-refractivity contribution is 0.0104. The second-order valence-corrected chi connectivity index (χ2v) is 13.2. The van der Waals surface area contributed by atoms with Crippen molar-refractivity contribution < 1.29 is 17.5 Å². The van der Waals surface area contributed by atoms with Crippen LogP contribution in [-0.2, 0) is 14.6 Å². The predicted octanol–water partition coefficient (Wildman–Crippen LogP) is 4.60. The number of halogens is 1. The molecule has 3 saturated heterocycles. The fourth-order valence-corrected chi connectivity index (χ4v) is 7.24. The van der Waals surface area contributed by atoms with Gasteiger partial charge in [-0.25, -0.2) is 17.8 Å². The highest BCUT2D eigenvalue weighted by molar-refractivity contribution is 7.90. The van der Waals surface area contributed by atoms with Crippen molar-refractivity contribution in [1.82, 2.24) is 19.8 Å². The maximum atomic E-state index is 15.7. The van der Waals surface area contributed by atoms with Crippen LogP contribution in [0.5, 0.6) is 0 Å². The summed E-state index contributed by atoms with van der Waals surface area (Å²) in [5, 5.41) is 0. The number of aromatic nitrogens is 2. The van der Waals surface area contributed by atoms with Gasteiger partial charge >= 0.3 is 0 Å². The van der Waals surface area contributed by atoms with E-state index in [1.54, 1.807) is 24.3 Å². The molecule has 3 aliphatic heterocycles. The molecule has 0 radical (unpaired) electrons. The number of rotatable bonds is 5. The summed E-state index contributed by atoms with van der Waals surface area (Å²) in [6, 6.07) is 11.7. The lowest BCUT2D eigenvalue weighted by Gasteiger charge is -2.44. The minimum Gasteiger partial charge on any atom is -0.381 e. The Kier molecular flexibility index (Phi) is 7.28. The summed E-state index contributed by atoms with van der Waals surface area (Å²) in [5.41, 5.74) is 2.50. The van der Waals surface area contributed by atoms with Gasteiger partial charge in [-0.1, -0.05) is 6.07 Å². The number of nitrogens with zero attached hydrogens (tertiary/aromatic N) is 3. The number of fused-ring (bicyclic) bond motifs is 1. The number of likely N-dealkylation sites (tertiary alicyclic amines) is 2. The normalized spacial score (nSPS) is 21.8. The molecule has 0 aliphatic carbocycles. The molecule has 2 aromatic carbocycles. The average molecular weight is 541 g/mol. The number of hydrogen-bond donors (Lipinski definition) is 1. The van der Waals surface area contributed by atoms with Crippen LogP contribution in [0, 0.1) is 5.82 Å². The summed E-state index contributed by atoms with van der Waals surface area (Å²) in [6.45, 7) is 6.19. The largest absolute Gasteiger partial charge is 0.381 e. The topological polar surface area (TPSA) is 78.5 Å². The van der Waals surface area contributed by atoms with Gasteiger partial charge in [0.05, 0.1) is 10.4 Å². The Hall–Kier alpha value is -2.33. The van der Waals surface area contributed by atoms with Crippen molar-refractivity contribution in [1.29, 1.82) is 0 Å². The summed E-state index contributed by atoms with van der Waals surface area (Å²) in [4.78, 5) is 13.3. The molecule has 0 unspecified atom stereocenters. The standard InChI is InChI=1S/C29H37FN4O3S/c1-38(35,36)24-4-2-21(3-5-24)29-31-26-7-6-25(27(30)28(26)32-29)20-8-14-33(15-9-20)22-10-16-34(17-11-22)23-12-18-37-19-13-23/h2-7,20,22-23H,8-19H2,1H3,(H,31,32). The van der Waals surface area contributed by atoms with Gasteiger partial charge in [0.25, 0.3) is 0 Å². The summed E-state index contributed by atoms with van der Waals surface area (Å²) in [6.07, 6.45) is 7.90. The third-order valence-corrected chi connectivity index (χ3v) is 10.00. The van der Waals surface area contributed by atoms with E-state index in [2.05, 4.69) is 19.8 Å². The first-order chi connectivity index (χ1) is 18.4. The van der Waals surface area contributed by atoms with E-state index >= 15 is 4.39 Å². The summed E-state index contributed by atoms with van der Waals surface area (Å²) in [5.74, 6) is 0.506. The third kappa shape index (κ3) is 5.26. The fraction of sp³-hybridized carbons (Fsp3) is 0.552. The molecule has 3 aromatic rings. The molecular weight excluding hydrogens is 503 g/mol. The van der Waals surface area contributed by atoms with Crippen LogP contribution in [0.4, 0.5) is 4.39 Å². The van der Waals surface area contributed by atoms with E-state index in [0.29, 0.717) is 28.9 Å². The zero-order valence-corrected chi connectivity index (χ0v) is 22.9. The van der Waals surface area contributed by atoms with Crippen molar-refractivity contribution in [3.63, 3.8) is 0 Å². The number of piperidine rings is 2. The molecule has 6 rings (SSSR count). The maximum Gasteiger partial charge on any atom is 0.175 e. The minimum atomic E-state index is -3.27. The number of sulfone groups is 1. The molecule has 0 spiro atoms. The van der Waals surface area contributed by atoms with Gasteiger partial charge in [-0.2, -0.15) is 0 Å². The second-order valence-electron chi connectivity index (χ2n) is 11.2. The molecule has 0 saturated carbocycles. The third-order valence-electron chi connectivity index (χ3n) is 8.87. The van der Waals surface area contributed by atoms with Crippen molar-refractivity contribution in [3.8, 4) is 11.4 Å². The number of ether oxygens (including phenoxy) is 1. The van der Waals surface area contributed by atoms with E-state index in [0.717, 1.165) is 50.3 Å². The number of H-pyrrole nitrogens is 1. The van der Waals surface area contributed by atoms with Crippen LogP contribution >= 0.6 is 0 Å². The molecule has 204 valence electrons. The minimum absolute atomic E-state index is 0.201. The van der Waals surface area contributed by atoms with E-state index in [1.165, 1.54) is 45.0 Å². The zero-order chi connectivity index (χ0) is 26.3. The Bertz CT molecular complexity index is 1370.